The molecule has 0 N–H and O–H groups in total. The molecule has 1 heterocycles. The maximum atomic E-state index is 2.61. The molecular weight excluding hydrogens is 170 g/mol. The highest BCUT2D eigenvalue weighted by Gasteiger charge is 2.44. The SMILES string of the molecule is CC.CCC12CCCC1N(C)CCC2. The second-order valence-corrected chi connectivity index (χ2v) is 4.71. The summed E-state index contributed by atoms with van der Waals surface area (Å²) in [5.41, 5.74) is 0.729. The minimum absolute atomic E-state index is 0.729. The predicted octanol–water partition coefficient (Wildman–Crippen LogP) is 3.69. The molecule has 2 fully saturated rings. The fourth-order valence-electron chi connectivity index (χ4n) is 3.53. The second-order valence-electron chi connectivity index (χ2n) is 4.71. The zero-order chi connectivity index (χ0) is 10.6. The Labute approximate surface area is 89.9 Å². The van der Waals surface area contributed by atoms with E-state index in [0.29, 0.717) is 0 Å². The number of likely N-dealkylation sites (tertiary alicyclic amines) is 1. The fourth-order valence-corrected chi connectivity index (χ4v) is 3.53. The summed E-state index contributed by atoms with van der Waals surface area (Å²) in [5, 5.41) is 0. The van der Waals surface area contributed by atoms with Crippen molar-refractivity contribution in [2.75, 3.05) is 13.6 Å². The van der Waals surface area contributed by atoms with Crippen molar-refractivity contribution < 1.29 is 0 Å². The minimum Gasteiger partial charge on any atom is -0.303 e. The Hall–Kier alpha value is -0.0400. The van der Waals surface area contributed by atoms with Gasteiger partial charge in [0.25, 0.3) is 0 Å². The lowest BCUT2D eigenvalue weighted by Gasteiger charge is -2.44. The molecule has 84 valence electrons. The molecule has 1 saturated heterocycles. The van der Waals surface area contributed by atoms with Crippen molar-refractivity contribution >= 4 is 0 Å². The Bertz CT molecular complexity index is 167. The highest BCUT2D eigenvalue weighted by molar-refractivity contribution is 4.98. The maximum absolute atomic E-state index is 2.61. The molecule has 0 aromatic rings. The summed E-state index contributed by atoms with van der Waals surface area (Å²) in [6, 6.07) is 0.927. The van der Waals surface area contributed by atoms with Crippen molar-refractivity contribution in [1.29, 1.82) is 0 Å². The highest BCUT2D eigenvalue weighted by atomic mass is 15.2. The van der Waals surface area contributed by atoms with Crippen LogP contribution in [0.3, 0.4) is 0 Å². The van der Waals surface area contributed by atoms with Crippen molar-refractivity contribution in [3.63, 3.8) is 0 Å². The minimum atomic E-state index is 0.729. The van der Waals surface area contributed by atoms with Crippen LogP contribution in [0.2, 0.25) is 0 Å². The van der Waals surface area contributed by atoms with E-state index in [2.05, 4.69) is 18.9 Å². The Morgan fingerprint density at radius 2 is 1.86 bits per heavy atom. The van der Waals surface area contributed by atoms with Gasteiger partial charge in [0.2, 0.25) is 0 Å². The average Bonchev–Trinajstić information content (AvgIpc) is 2.67. The fraction of sp³-hybridized carbons (Fsp3) is 1.00. The average molecular weight is 197 g/mol. The largest absolute Gasteiger partial charge is 0.303 e. The molecular formula is C13H27N. The molecule has 1 aliphatic carbocycles. The van der Waals surface area contributed by atoms with Crippen LogP contribution < -0.4 is 0 Å². The van der Waals surface area contributed by atoms with Crippen LogP contribution in [0.25, 0.3) is 0 Å². The van der Waals surface area contributed by atoms with Gasteiger partial charge in [-0.3, -0.25) is 0 Å². The topological polar surface area (TPSA) is 3.24 Å². The van der Waals surface area contributed by atoms with E-state index in [1.54, 1.807) is 0 Å². The van der Waals surface area contributed by atoms with E-state index in [1.807, 2.05) is 13.8 Å². The van der Waals surface area contributed by atoms with Crippen LogP contribution in [0.1, 0.15) is 59.3 Å². The monoisotopic (exact) mass is 197 g/mol. The van der Waals surface area contributed by atoms with Crippen molar-refractivity contribution in [1.82, 2.24) is 4.90 Å². The molecule has 2 rings (SSSR count). The predicted molar refractivity (Wildman–Crippen MR) is 63.6 cm³/mol. The van der Waals surface area contributed by atoms with Crippen molar-refractivity contribution in [3.8, 4) is 0 Å². The Morgan fingerprint density at radius 1 is 1.21 bits per heavy atom. The van der Waals surface area contributed by atoms with Crippen LogP contribution in [0.15, 0.2) is 0 Å². The molecule has 0 aromatic heterocycles. The standard InChI is InChI=1S/C11H21N.C2H6/c1-3-11-7-4-6-10(11)12(2)9-5-8-11;1-2/h10H,3-9H2,1-2H3;1-2H3. The molecule has 0 bridgehead atoms. The van der Waals surface area contributed by atoms with Crippen LogP contribution in [-0.4, -0.2) is 24.5 Å². The van der Waals surface area contributed by atoms with E-state index in [-0.39, 0.29) is 0 Å². The van der Waals surface area contributed by atoms with E-state index in [1.165, 1.54) is 45.1 Å². The lowest BCUT2D eigenvalue weighted by atomic mass is 9.73. The van der Waals surface area contributed by atoms with Crippen LogP contribution in [0.5, 0.6) is 0 Å². The zero-order valence-electron chi connectivity index (χ0n) is 10.5. The van der Waals surface area contributed by atoms with Crippen molar-refractivity contribution in [3.05, 3.63) is 0 Å². The first kappa shape index (κ1) is 12.0. The van der Waals surface area contributed by atoms with Gasteiger partial charge in [-0.1, -0.05) is 27.2 Å². The van der Waals surface area contributed by atoms with Gasteiger partial charge in [-0.05, 0) is 51.1 Å². The van der Waals surface area contributed by atoms with Crippen molar-refractivity contribution in [2.24, 2.45) is 5.41 Å². The van der Waals surface area contributed by atoms with Gasteiger partial charge in [0, 0.05) is 6.04 Å². The number of hydrogen-bond donors (Lipinski definition) is 0. The summed E-state index contributed by atoms with van der Waals surface area (Å²) >= 11 is 0. The maximum Gasteiger partial charge on any atom is 0.0148 e. The van der Waals surface area contributed by atoms with Crippen molar-refractivity contribution in [2.45, 2.75) is 65.3 Å². The molecule has 0 spiro atoms. The van der Waals surface area contributed by atoms with Crippen LogP contribution in [0, 0.1) is 5.41 Å². The smallest absolute Gasteiger partial charge is 0.0148 e. The van der Waals surface area contributed by atoms with Gasteiger partial charge in [0.05, 0.1) is 0 Å². The first-order valence-electron chi connectivity index (χ1n) is 6.49. The number of piperidine rings is 1. The molecule has 2 aliphatic rings. The van der Waals surface area contributed by atoms with Gasteiger partial charge in [-0.15, -0.1) is 0 Å². The molecule has 14 heavy (non-hydrogen) atoms. The molecule has 0 aromatic carbocycles. The molecule has 1 nitrogen and oxygen atoms in total. The van der Waals surface area contributed by atoms with Crippen LogP contribution >= 0.6 is 0 Å². The molecule has 2 atom stereocenters. The number of hydrogen-bond acceptors (Lipinski definition) is 1. The third-order valence-corrected chi connectivity index (χ3v) is 4.28. The van der Waals surface area contributed by atoms with E-state index >= 15 is 0 Å². The van der Waals surface area contributed by atoms with Crippen LogP contribution in [-0.2, 0) is 0 Å². The summed E-state index contributed by atoms with van der Waals surface area (Å²) in [6.07, 6.45) is 8.77. The Morgan fingerprint density at radius 3 is 2.43 bits per heavy atom. The first-order chi connectivity index (χ1) is 6.78. The van der Waals surface area contributed by atoms with Gasteiger partial charge in [-0.25, -0.2) is 0 Å². The van der Waals surface area contributed by atoms with E-state index in [0.717, 1.165) is 11.5 Å². The molecule has 1 heteroatoms. The highest BCUT2D eigenvalue weighted by Crippen LogP contribution is 2.49. The summed E-state index contributed by atoms with van der Waals surface area (Å²) < 4.78 is 0. The van der Waals surface area contributed by atoms with E-state index < -0.39 is 0 Å². The normalized spacial score (nSPS) is 37.3. The molecule has 0 radical (unpaired) electrons. The Balaban J connectivity index is 0.000000461. The first-order valence-corrected chi connectivity index (χ1v) is 6.49. The number of rotatable bonds is 1. The Kier molecular flexibility index (Phi) is 4.43. The quantitative estimate of drug-likeness (QED) is 0.620. The van der Waals surface area contributed by atoms with E-state index in [4.69, 9.17) is 0 Å². The van der Waals surface area contributed by atoms with Crippen LogP contribution in [0.4, 0.5) is 0 Å². The lowest BCUT2D eigenvalue weighted by molar-refractivity contribution is 0.0527. The zero-order valence-corrected chi connectivity index (χ0v) is 10.5. The number of nitrogens with zero attached hydrogens (tertiary/aromatic N) is 1. The molecule has 1 aliphatic heterocycles. The third kappa shape index (κ3) is 1.98. The van der Waals surface area contributed by atoms with Gasteiger partial charge in [-0.2, -0.15) is 0 Å². The molecule has 1 saturated carbocycles. The van der Waals surface area contributed by atoms with Gasteiger partial charge >= 0.3 is 0 Å². The lowest BCUT2D eigenvalue weighted by Crippen LogP contribution is -2.46. The number of fused-ring (bicyclic) bond motifs is 1. The van der Waals surface area contributed by atoms with Gasteiger partial charge < -0.3 is 4.90 Å². The molecule has 2 unspecified atom stereocenters. The van der Waals surface area contributed by atoms with Gasteiger partial charge in [0.15, 0.2) is 0 Å². The second kappa shape index (κ2) is 5.16. The molecule has 0 amide bonds. The third-order valence-electron chi connectivity index (χ3n) is 4.28. The van der Waals surface area contributed by atoms with E-state index in [9.17, 15) is 0 Å². The summed E-state index contributed by atoms with van der Waals surface area (Å²) in [7, 11) is 2.32. The summed E-state index contributed by atoms with van der Waals surface area (Å²) in [6.45, 7) is 7.73. The summed E-state index contributed by atoms with van der Waals surface area (Å²) in [4.78, 5) is 2.61. The summed E-state index contributed by atoms with van der Waals surface area (Å²) in [5.74, 6) is 0. The van der Waals surface area contributed by atoms with Gasteiger partial charge in [0.1, 0.15) is 0 Å².